The quantitative estimate of drug-likeness (QED) is 0.640. The van der Waals surface area contributed by atoms with Gasteiger partial charge in [-0.1, -0.05) is 29.8 Å². The van der Waals surface area contributed by atoms with E-state index in [2.05, 4.69) is 11.1 Å². The maximum absolute atomic E-state index is 13.0. The molecular weight excluding hydrogens is 395 g/mol. The zero-order chi connectivity index (χ0) is 21.8. The molecule has 0 spiro atoms. The number of hydrogen-bond donors (Lipinski definition) is 0. The fraction of sp³-hybridized carbons (Fsp3) is 0.208. The van der Waals surface area contributed by atoms with E-state index in [-0.39, 0.29) is 17.4 Å². The highest BCUT2D eigenvalue weighted by molar-refractivity contribution is 5.94. The second kappa shape index (κ2) is 8.84. The third-order valence-corrected chi connectivity index (χ3v) is 5.17. The van der Waals surface area contributed by atoms with Crippen LogP contribution in [0.1, 0.15) is 33.1 Å². The van der Waals surface area contributed by atoms with Crippen molar-refractivity contribution in [2.45, 2.75) is 6.92 Å². The van der Waals surface area contributed by atoms with Crippen LogP contribution in [0.5, 0.6) is 0 Å². The van der Waals surface area contributed by atoms with Gasteiger partial charge in [-0.05, 0) is 42.8 Å². The molecule has 31 heavy (non-hydrogen) atoms. The van der Waals surface area contributed by atoms with E-state index in [1.165, 1.54) is 12.1 Å². The highest BCUT2D eigenvalue weighted by Gasteiger charge is 2.26. The number of aromatic nitrogens is 1. The minimum absolute atomic E-state index is 0.000599. The Labute approximate surface area is 179 Å². The number of aryl methyl sites for hydroxylation is 1. The minimum atomic E-state index is -0.303. The fourth-order valence-electron chi connectivity index (χ4n) is 3.42. The van der Waals surface area contributed by atoms with E-state index in [9.17, 15) is 14.4 Å². The molecule has 1 aliphatic heterocycles. The average Bonchev–Trinajstić information content (AvgIpc) is 3.22. The average molecular weight is 416 g/mol. The molecule has 2 aromatic carbocycles. The van der Waals surface area contributed by atoms with E-state index in [1.807, 2.05) is 36.1 Å². The first-order chi connectivity index (χ1) is 15.0. The standard InChI is InChI=1S/C24H21FN4O2/c1-17-2-7-19(8-3-17)23(30)28-12-14-29(15-13-28)24-21(16-26)27-22(31-24)11-6-18-4-9-20(25)10-5-18/h2-11H,12-15H2,1H3/b11-6+. The lowest BCUT2D eigenvalue weighted by molar-refractivity contribution is 0.0745. The summed E-state index contributed by atoms with van der Waals surface area (Å²) in [5.41, 5.74) is 2.78. The maximum Gasteiger partial charge on any atom is 0.253 e. The zero-order valence-corrected chi connectivity index (χ0v) is 17.1. The number of benzene rings is 2. The summed E-state index contributed by atoms with van der Waals surface area (Å²) >= 11 is 0. The van der Waals surface area contributed by atoms with Crippen molar-refractivity contribution in [3.8, 4) is 6.07 Å². The van der Waals surface area contributed by atoms with Crippen LogP contribution < -0.4 is 4.90 Å². The predicted octanol–water partition coefficient (Wildman–Crippen LogP) is 4.13. The van der Waals surface area contributed by atoms with E-state index < -0.39 is 0 Å². The smallest absolute Gasteiger partial charge is 0.253 e. The van der Waals surface area contributed by atoms with Crippen molar-refractivity contribution in [1.29, 1.82) is 5.26 Å². The van der Waals surface area contributed by atoms with Gasteiger partial charge in [0, 0.05) is 37.8 Å². The van der Waals surface area contributed by atoms with Crippen LogP contribution in [-0.4, -0.2) is 42.0 Å². The lowest BCUT2D eigenvalue weighted by atomic mass is 10.1. The minimum Gasteiger partial charge on any atom is -0.420 e. The summed E-state index contributed by atoms with van der Waals surface area (Å²) in [6, 6.07) is 15.6. The molecule has 1 amide bonds. The van der Waals surface area contributed by atoms with Crippen molar-refractivity contribution in [3.63, 3.8) is 0 Å². The number of piperazine rings is 1. The molecule has 2 heterocycles. The molecule has 0 aliphatic carbocycles. The van der Waals surface area contributed by atoms with Gasteiger partial charge in [0.2, 0.25) is 17.5 Å². The Bertz CT molecular complexity index is 1140. The Morgan fingerprint density at radius 1 is 1.06 bits per heavy atom. The summed E-state index contributed by atoms with van der Waals surface area (Å²) in [6.07, 6.45) is 3.39. The summed E-state index contributed by atoms with van der Waals surface area (Å²) < 4.78 is 18.8. The van der Waals surface area contributed by atoms with E-state index >= 15 is 0 Å². The van der Waals surface area contributed by atoms with Crippen LogP contribution in [0.4, 0.5) is 10.3 Å². The van der Waals surface area contributed by atoms with Crippen molar-refractivity contribution in [2.24, 2.45) is 0 Å². The first-order valence-corrected chi connectivity index (χ1v) is 9.99. The van der Waals surface area contributed by atoms with Crippen LogP contribution in [0, 0.1) is 24.1 Å². The molecule has 1 aliphatic rings. The lowest BCUT2D eigenvalue weighted by Gasteiger charge is -2.34. The number of amides is 1. The fourth-order valence-corrected chi connectivity index (χ4v) is 3.42. The van der Waals surface area contributed by atoms with Crippen LogP contribution in [0.3, 0.4) is 0 Å². The Hall–Kier alpha value is -3.92. The highest BCUT2D eigenvalue weighted by atomic mass is 19.1. The first kappa shape index (κ1) is 20.4. The van der Waals surface area contributed by atoms with Crippen LogP contribution in [-0.2, 0) is 0 Å². The van der Waals surface area contributed by atoms with Crippen LogP contribution in [0.25, 0.3) is 12.2 Å². The Balaban J connectivity index is 1.43. The molecule has 4 rings (SSSR count). The molecule has 1 aromatic heterocycles. The molecule has 7 heteroatoms. The molecule has 156 valence electrons. The van der Waals surface area contributed by atoms with E-state index in [1.54, 1.807) is 29.2 Å². The van der Waals surface area contributed by atoms with Crippen molar-refractivity contribution < 1.29 is 13.6 Å². The lowest BCUT2D eigenvalue weighted by Crippen LogP contribution is -2.48. The molecule has 0 radical (unpaired) electrons. The van der Waals surface area contributed by atoms with E-state index in [4.69, 9.17) is 4.42 Å². The van der Waals surface area contributed by atoms with Gasteiger partial charge < -0.3 is 14.2 Å². The molecule has 0 atom stereocenters. The van der Waals surface area contributed by atoms with Crippen molar-refractivity contribution in [2.75, 3.05) is 31.1 Å². The zero-order valence-electron chi connectivity index (χ0n) is 17.1. The summed E-state index contributed by atoms with van der Waals surface area (Å²) in [5.74, 6) is 0.403. The van der Waals surface area contributed by atoms with Crippen LogP contribution in [0.15, 0.2) is 52.9 Å². The van der Waals surface area contributed by atoms with Gasteiger partial charge in [-0.25, -0.2) is 4.39 Å². The van der Waals surface area contributed by atoms with Crippen LogP contribution in [0.2, 0.25) is 0 Å². The van der Waals surface area contributed by atoms with Gasteiger partial charge >= 0.3 is 0 Å². The number of carbonyl (C=O) groups excluding carboxylic acids is 1. The Morgan fingerprint density at radius 3 is 2.39 bits per heavy atom. The Kier molecular flexibility index (Phi) is 5.80. The Morgan fingerprint density at radius 2 is 1.74 bits per heavy atom. The summed E-state index contributed by atoms with van der Waals surface area (Å²) in [7, 11) is 0. The molecule has 3 aromatic rings. The summed E-state index contributed by atoms with van der Waals surface area (Å²) in [6.45, 7) is 4.13. The van der Waals surface area contributed by atoms with Gasteiger partial charge in [-0.2, -0.15) is 10.2 Å². The van der Waals surface area contributed by atoms with Gasteiger partial charge in [0.15, 0.2) is 0 Å². The SMILES string of the molecule is Cc1ccc(C(=O)N2CCN(c3oc(/C=C/c4ccc(F)cc4)nc3C#N)CC2)cc1. The second-order valence-electron chi connectivity index (χ2n) is 7.35. The molecule has 0 saturated carbocycles. The third kappa shape index (κ3) is 4.64. The maximum atomic E-state index is 13.0. The van der Waals surface area contributed by atoms with E-state index in [0.29, 0.717) is 43.5 Å². The van der Waals surface area contributed by atoms with E-state index in [0.717, 1.165) is 11.1 Å². The topological polar surface area (TPSA) is 73.4 Å². The number of oxazole rings is 1. The highest BCUT2D eigenvalue weighted by Crippen LogP contribution is 2.24. The summed E-state index contributed by atoms with van der Waals surface area (Å²) in [5, 5.41) is 9.46. The summed E-state index contributed by atoms with van der Waals surface area (Å²) in [4.78, 5) is 20.7. The molecule has 1 saturated heterocycles. The molecule has 1 fully saturated rings. The number of halogens is 1. The van der Waals surface area contributed by atoms with Gasteiger partial charge in [-0.15, -0.1) is 0 Å². The monoisotopic (exact) mass is 416 g/mol. The van der Waals surface area contributed by atoms with Crippen molar-refractivity contribution >= 4 is 23.9 Å². The van der Waals surface area contributed by atoms with Gasteiger partial charge in [-0.3, -0.25) is 4.79 Å². The molecule has 0 N–H and O–H groups in total. The normalized spacial score (nSPS) is 14.1. The number of carbonyl (C=O) groups is 1. The molecular formula is C24H21FN4O2. The van der Waals surface area contributed by atoms with Gasteiger partial charge in [0.05, 0.1) is 0 Å². The van der Waals surface area contributed by atoms with Crippen molar-refractivity contribution in [1.82, 2.24) is 9.88 Å². The third-order valence-electron chi connectivity index (χ3n) is 5.17. The molecule has 0 bridgehead atoms. The van der Waals surface area contributed by atoms with Gasteiger partial charge in [0.25, 0.3) is 5.91 Å². The number of nitrogens with zero attached hydrogens (tertiary/aromatic N) is 4. The van der Waals surface area contributed by atoms with Crippen LogP contribution >= 0.6 is 0 Å². The first-order valence-electron chi connectivity index (χ1n) is 9.99. The predicted molar refractivity (Wildman–Crippen MR) is 116 cm³/mol. The number of hydrogen-bond acceptors (Lipinski definition) is 5. The molecule has 0 unspecified atom stereocenters. The largest absolute Gasteiger partial charge is 0.420 e. The second-order valence-corrected chi connectivity index (χ2v) is 7.35. The number of nitriles is 1. The molecule has 6 nitrogen and oxygen atoms in total. The van der Waals surface area contributed by atoms with Crippen molar-refractivity contribution in [3.05, 3.63) is 82.6 Å². The number of rotatable bonds is 4. The van der Waals surface area contributed by atoms with Gasteiger partial charge in [0.1, 0.15) is 11.9 Å². The number of anilines is 1.